The van der Waals surface area contributed by atoms with Crippen LogP contribution in [0.15, 0.2) is 18.2 Å². The second kappa shape index (κ2) is 6.99. The number of carbonyl (C=O) groups is 1. The van der Waals surface area contributed by atoms with E-state index < -0.39 is 5.97 Å². The fourth-order valence-corrected chi connectivity index (χ4v) is 1.88. The van der Waals surface area contributed by atoms with Crippen LogP contribution in [0.3, 0.4) is 0 Å². The van der Waals surface area contributed by atoms with Crippen LogP contribution in [-0.2, 0) is 11.3 Å². The lowest BCUT2D eigenvalue weighted by Gasteiger charge is -2.27. The Hall–Kier alpha value is -1.75. The van der Waals surface area contributed by atoms with Crippen molar-refractivity contribution in [2.45, 2.75) is 32.9 Å². The summed E-state index contributed by atoms with van der Waals surface area (Å²) in [5, 5.41) is 19.0. The maximum atomic E-state index is 10.9. The largest absolute Gasteiger partial charge is 0.504 e. The van der Waals surface area contributed by atoms with Crippen LogP contribution in [0.1, 0.15) is 25.8 Å². The summed E-state index contributed by atoms with van der Waals surface area (Å²) >= 11 is 0. The van der Waals surface area contributed by atoms with E-state index >= 15 is 0 Å². The summed E-state index contributed by atoms with van der Waals surface area (Å²) in [6.07, 6.45) is 0.845. The fourth-order valence-electron chi connectivity index (χ4n) is 1.88. The summed E-state index contributed by atoms with van der Waals surface area (Å²) in [5.74, 6) is -0.400. The second-order valence-electron chi connectivity index (χ2n) is 4.52. The van der Waals surface area contributed by atoms with E-state index in [4.69, 9.17) is 9.84 Å². The number of carboxylic acids is 1. The van der Waals surface area contributed by atoms with Gasteiger partial charge in [0.15, 0.2) is 11.5 Å². The van der Waals surface area contributed by atoms with Gasteiger partial charge < -0.3 is 14.9 Å². The summed E-state index contributed by atoms with van der Waals surface area (Å²) in [6.45, 7) is 4.31. The van der Waals surface area contributed by atoms with Gasteiger partial charge in [0, 0.05) is 18.2 Å². The minimum atomic E-state index is -0.873. The molecule has 0 aromatic heterocycles. The second-order valence-corrected chi connectivity index (χ2v) is 4.52. The van der Waals surface area contributed by atoms with Gasteiger partial charge in [-0.15, -0.1) is 0 Å². The van der Waals surface area contributed by atoms with Gasteiger partial charge in [-0.05, 0) is 19.4 Å². The molecule has 5 heteroatoms. The molecule has 1 atom stereocenters. The summed E-state index contributed by atoms with van der Waals surface area (Å²) in [4.78, 5) is 12.7. The fraction of sp³-hybridized carbons (Fsp3) is 0.500. The molecule has 1 aromatic rings. The van der Waals surface area contributed by atoms with E-state index in [1.54, 1.807) is 18.2 Å². The van der Waals surface area contributed by atoms with Gasteiger partial charge in [0.1, 0.15) is 0 Å². The third-order valence-electron chi connectivity index (χ3n) is 3.23. The number of aromatic hydroxyl groups is 1. The zero-order valence-electron chi connectivity index (χ0n) is 11.6. The molecule has 106 valence electrons. The number of phenolic OH excluding ortho intramolecular Hbond substituents is 1. The third-order valence-corrected chi connectivity index (χ3v) is 3.23. The smallest absolute Gasteiger partial charge is 0.317 e. The van der Waals surface area contributed by atoms with Crippen LogP contribution >= 0.6 is 0 Å². The van der Waals surface area contributed by atoms with Gasteiger partial charge in [0.2, 0.25) is 0 Å². The zero-order chi connectivity index (χ0) is 14.4. The van der Waals surface area contributed by atoms with Crippen molar-refractivity contribution in [1.82, 2.24) is 4.90 Å². The standard InChI is InChI=1S/C14H21NO4/c1-4-10(2)15(9-13(16)17)8-11-6-5-7-12(19-3)14(11)18/h5-7,10,18H,4,8-9H2,1-3H3,(H,16,17). The Morgan fingerprint density at radius 3 is 2.68 bits per heavy atom. The van der Waals surface area contributed by atoms with Crippen molar-refractivity contribution < 1.29 is 19.7 Å². The van der Waals surface area contributed by atoms with Gasteiger partial charge in [0.25, 0.3) is 0 Å². The highest BCUT2D eigenvalue weighted by atomic mass is 16.5. The van der Waals surface area contributed by atoms with E-state index in [1.165, 1.54) is 7.11 Å². The quantitative estimate of drug-likeness (QED) is 0.791. The van der Waals surface area contributed by atoms with Crippen LogP contribution in [-0.4, -0.2) is 40.8 Å². The predicted molar refractivity (Wildman–Crippen MR) is 72.5 cm³/mol. The molecule has 0 saturated carbocycles. The van der Waals surface area contributed by atoms with E-state index in [1.807, 2.05) is 18.7 Å². The third kappa shape index (κ3) is 4.13. The van der Waals surface area contributed by atoms with Gasteiger partial charge in [-0.25, -0.2) is 0 Å². The average molecular weight is 267 g/mol. The Kier molecular flexibility index (Phi) is 5.63. The molecule has 0 heterocycles. The Morgan fingerprint density at radius 1 is 1.47 bits per heavy atom. The lowest BCUT2D eigenvalue weighted by molar-refractivity contribution is -0.139. The summed E-state index contributed by atoms with van der Waals surface area (Å²) in [6, 6.07) is 5.35. The van der Waals surface area contributed by atoms with Crippen molar-refractivity contribution >= 4 is 5.97 Å². The first-order valence-corrected chi connectivity index (χ1v) is 6.30. The number of hydrogen-bond donors (Lipinski definition) is 2. The first kappa shape index (κ1) is 15.3. The normalized spacial score (nSPS) is 12.4. The van der Waals surface area contributed by atoms with Crippen molar-refractivity contribution in [3.05, 3.63) is 23.8 Å². The Balaban J connectivity index is 2.92. The van der Waals surface area contributed by atoms with Crippen molar-refractivity contribution in [3.8, 4) is 11.5 Å². The zero-order valence-corrected chi connectivity index (χ0v) is 11.6. The number of methoxy groups -OCH3 is 1. The average Bonchev–Trinajstić information content (AvgIpc) is 2.38. The molecule has 1 rings (SSSR count). The van der Waals surface area contributed by atoms with Crippen molar-refractivity contribution in [3.63, 3.8) is 0 Å². The molecule has 2 N–H and O–H groups in total. The maximum Gasteiger partial charge on any atom is 0.317 e. The van der Waals surface area contributed by atoms with Gasteiger partial charge in [-0.2, -0.15) is 0 Å². The molecule has 0 aliphatic rings. The molecular weight excluding hydrogens is 246 g/mol. The number of benzene rings is 1. The molecule has 5 nitrogen and oxygen atoms in total. The van der Waals surface area contributed by atoms with Crippen LogP contribution in [0.5, 0.6) is 11.5 Å². The first-order chi connectivity index (χ1) is 8.99. The van der Waals surface area contributed by atoms with Crippen LogP contribution in [0.25, 0.3) is 0 Å². The number of para-hydroxylation sites is 1. The highest BCUT2D eigenvalue weighted by Crippen LogP contribution is 2.30. The molecule has 0 amide bonds. The molecule has 1 aromatic carbocycles. The molecule has 0 saturated heterocycles. The van der Waals surface area contributed by atoms with E-state index in [0.717, 1.165) is 6.42 Å². The van der Waals surface area contributed by atoms with Gasteiger partial charge in [-0.1, -0.05) is 19.1 Å². The summed E-state index contributed by atoms with van der Waals surface area (Å²) in [5.41, 5.74) is 0.668. The molecule has 0 aliphatic carbocycles. The number of rotatable bonds is 7. The number of carboxylic acid groups (broad SMARTS) is 1. The SMILES string of the molecule is CCC(C)N(CC(=O)O)Cc1cccc(OC)c1O. The molecule has 0 fully saturated rings. The van der Waals surface area contributed by atoms with E-state index in [-0.39, 0.29) is 18.3 Å². The Morgan fingerprint density at radius 2 is 2.16 bits per heavy atom. The molecule has 19 heavy (non-hydrogen) atoms. The van der Waals surface area contributed by atoms with E-state index in [2.05, 4.69) is 0 Å². The number of nitrogens with zero attached hydrogens (tertiary/aromatic N) is 1. The number of phenols is 1. The minimum Gasteiger partial charge on any atom is -0.504 e. The molecule has 0 aliphatic heterocycles. The molecular formula is C14H21NO4. The lowest BCUT2D eigenvalue weighted by Crippen LogP contribution is -2.36. The monoisotopic (exact) mass is 267 g/mol. The van der Waals surface area contributed by atoms with Gasteiger partial charge >= 0.3 is 5.97 Å². The van der Waals surface area contributed by atoms with Gasteiger partial charge in [0.05, 0.1) is 13.7 Å². The van der Waals surface area contributed by atoms with Crippen molar-refractivity contribution in [2.75, 3.05) is 13.7 Å². The van der Waals surface area contributed by atoms with Crippen molar-refractivity contribution in [2.24, 2.45) is 0 Å². The molecule has 0 spiro atoms. The Bertz CT molecular complexity index is 433. The maximum absolute atomic E-state index is 10.9. The molecule has 1 unspecified atom stereocenters. The lowest BCUT2D eigenvalue weighted by atomic mass is 10.1. The highest BCUT2D eigenvalue weighted by Gasteiger charge is 2.18. The van der Waals surface area contributed by atoms with Crippen LogP contribution < -0.4 is 4.74 Å². The minimum absolute atomic E-state index is 0.0499. The highest BCUT2D eigenvalue weighted by molar-refractivity contribution is 5.69. The van der Waals surface area contributed by atoms with E-state index in [0.29, 0.717) is 17.9 Å². The number of hydrogen-bond acceptors (Lipinski definition) is 4. The number of aliphatic carboxylic acids is 1. The topological polar surface area (TPSA) is 70.0 Å². The number of ether oxygens (including phenoxy) is 1. The Labute approximate surface area is 113 Å². The van der Waals surface area contributed by atoms with Crippen LogP contribution in [0, 0.1) is 0 Å². The van der Waals surface area contributed by atoms with Crippen LogP contribution in [0.2, 0.25) is 0 Å². The first-order valence-electron chi connectivity index (χ1n) is 6.30. The van der Waals surface area contributed by atoms with Crippen LogP contribution in [0.4, 0.5) is 0 Å². The predicted octanol–water partition coefficient (Wildman–Crippen LogP) is 2.09. The summed E-state index contributed by atoms with van der Waals surface area (Å²) < 4.78 is 5.05. The summed E-state index contributed by atoms with van der Waals surface area (Å²) in [7, 11) is 1.49. The molecule has 0 radical (unpaired) electrons. The molecule has 0 bridgehead atoms. The van der Waals surface area contributed by atoms with Gasteiger partial charge in [-0.3, -0.25) is 9.69 Å². The van der Waals surface area contributed by atoms with Crippen molar-refractivity contribution in [1.29, 1.82) is 0 Å². The van der Waals surface area contributed by atoms with E-state index in [9.17, 15) is 9.90 Å².